The summed E-state index contributed by atoms with van der Waals surface area (Å²) in [6.45, 7) is 0. The molecule has 8 heteroatoms. The third-order valence-corrected chi connectivity index (χ3v) is 7.10. The van der Waals surface area contributed by atoms with Crippen molar-refractivity contribution in [1.82, 2.24) is 9.80 Å². The fourth-order valence-corrected chi connectivity index (χ4v) is 5.32. The lowest BCUT2D eigenvalue weighted by atomic mass is 9.59. The van der Waals surface area contributed by atoms with Gasteiger partial charge in [0.15, 0.2) is 0 Å². The molecule has 1 spiro atoms. The lowest BCUT2D eigenvalue weighted by Crippen LogP contribution is -2.66. The van der Waals surface area contributed by atoms with Crippen LogP contribution < -0.4 is 4.90 Å². The molecule has 0 saturated carbocycles. The van der Waals surface area contributed by atoms with E-state index in [-0.39, 0.29) is 11.5 Å². The van der Waals surface area contributed by atoms with Gasteiger partial charge in [-0.15, -0.1) is 0 Å². The summed E-state index contributed by atoms with van der Waals surface area (Å²) in [6, 6.07) is 8.99. The van der Waals surface area contributed by atoms with E-state index in [0.717, 1.165) is 21.8 Å². The molecule has 1 aromatic rings. The molecule has 0 bridgehead atoms. The minimum atomic E-state index is -1.49. The lowest BCUT2D eigenvalue weighted by Gasteiger charge is -2.49. The van der Waals surface area contributed by atoms with Gasteiger partial charge in [-0.2, -0.15) is 0 Å². The van der Waals surface area contributed by atoms with E-state index >= 15 is 0 Å². The molecule has 0 N–H and O–H groups in total. The number of urea groups is 1. The summed E-state index contributed by atoms with van der Waals surface area (Å²) in [5.41, 5.74) is 1.21. The summed E-state index contributed by atoms with van der Waals surface area (Å²) in [6.07, 6.45) is 5.39. The van der Waals surface area contributed by atoms with Gasteiger partial charge in [0.2, 0.25) is 11.8 Å². The number of nitrogens with zero attached hydrogens (tertiary/aromatic N) is 3. The van der Waals surface area contributed by atoms with E-state index in [1.54, 1.807) is 0 Å². The van der Waals surface area contributed by atoms with Crippen molar-refractivity contribution in [1.29, 1.82) is 0 Å². The molecule has 1 unspecified atom stereocenters. The van der Waals surface area contributed by atoms with E-state index in [0.29, 0.717) is 29.6 Å². The Morgan fingerprint density at radius 3 is 2.31 bits per heavy atom. The Balaban J connectivity index is 1.89. The summed E-state index contributed by atoms with van der Waals surface area (Å²) in [5, 5.41) is 0.284. The first-order chi connectivity index (χ1) is 15.2. The molecule has 0 aromatic heterocycles. The number of halogens is 1. The molecule has 2 aliphatic carbocycles. The van der Waals surface area contributed by atoms with Crippen molar-refractivity contribution < 1.29 is 19.2 Å². The Morgan fingerprint density at radius 2 is 1.72 bits per heavy atom. The van der Waals surface area contributed by atoms with Crippen molar-refractivity contribution >= 4 is 41.4 Å². The van der Waals surface area contributed by atoms with Crippen LogP contribution in [-0.4, -0.2) is 55.1 Å². The van der Waals surface area contributed by atoms with E-state index in [4.69, 9.17) is 11.6 Å². The maximum absolute atomic E-state index is 13.5. The van der Waals surface area contributed by atoms with Gasteiger partial charge in [0, 0.05) is 44.5 Å². The Bertz CT molecular complexity index is 1080. The summed E-state index contributed by atoms with van der Waals surface area (Å²) in [4.78, 5) is 55.0. The molecule has 166 valence electrons. The summed E-state index contributed by atoms with van der Waals surface area (Å²) >= 11 is 6.60. The number of rotatable bonds is 3. The van der Waals surface area contributed by atoms with Crippen LogP contribution >= 0.6 is 11.6 Å². The van der Waals surface area contributed by atoms with Gasteiger partial charge in [0.05, 0.1) is 5.03 Å². The summed E-state index contributed by atoms with van der Waals surface area (Å²) < 4.78 is 0. The van der Waals surface area contributed by atoms with Crippen LogP contribution in [0.4, 0.5) is 10.5 Å². The van der Waals surface area contributed by atoms with Crippen LogP contribution in [0.25, 0.3) is 0 Å². The molecule has 1 atom stereocenters. The number of hydrogen-bond donors (Lipinski definition) is 0. The first kappa shape index (κ1) is 22.0. The fourth-order valence-electron chi connectivity index (χ4n) is 4.99. The van der Waals surface area contributed by atoms with Gasteiger partial charge in [-0.1, -0.05) is 35.9 Å². The van der Waals surface area contributed by atoms with Crippen molar-refractivity contribution in [3.05, 3.63) is 64.4 Å². The molecule has 7 nitrogen and oxygen atoms in total. The smallest absolute Gasteiger partial charge is 0.332 e. The van der Waals surface area contributed by atoms with Crippen molar-refractivity contribution in [3.63, 3.8) is 0 Å². The van der Waals surface area contributed by atoms with E-state index < -0.39 is 29.2 Å². The van der Waals surface area contributed by atoms with Crippen LogP contribution in [0, 0.1) is 11.3 Å². The lowest BCUT2D eigenvalue weighted by molar-refractivity contribution is -0.161. The maximum Gasteiger partial charge on any atom is 0.332 e. The van der Waals surface area contributed by atoms with Gasteiger partial charge >= 0.3 is 6.03 Å². The summed E-state index contributed by atoms with van der Waals surface area (Å²) in [7, 11) is 4.66. The maximum atomic E-state index is 13.5. The topological polar surface area (TPSA) is 78.0 Å². The number of fused-ring (bicyclic) bond motifs is 2. The number of allylic oxidation sites excluding steroid dienone is 5. The van der Waals surface area contributed by atoms with E-state index in [1.165, 1.54) is 14.1 Å². The van der Waals surface area contributed by atoms with Gasteiger partial charge in [0.25, 0.3) is 0 Å². The van der Waals surface area contributed by atoms with Gasteiger partial charge in [-0.25, -0.2) is 4.79 Å². The Labute approximate surface area is 191 Å². The van der Waals surface area contributed by atoms with Crippen LogP contribution in [0.3, 0.4) is 0 Å². The van der Waals surface area contributed by atoms with Crippen molar-refractivity contribution in [2.24, 2.45) is 11.3 Å². The molecule has 1 aliphatic heterocycles. The van der Waals surface area contributed by atoms with Gasteiger partial charge in [-0.05, 0) is 42.5 Å². The minimum Gasteiger partial charge on any atom is -0.351 e. The highest BCUT2D eigenvalue weighted by Crippen LogP contribution is 2.54. The standard InChI is InChI=1S/C24H24ClN3O4/c1-26(17-7-5-4-6-8-17)13-15-11-18-19(10-9-16(14-29)20(18)25)24(12-15)21(30)27(2)23(32)28(3)22(24)31/h4-8,11,13-14,19H,9-10,12H2,1-3H3/b15-13-. The van der Waals surface area contributed by atoms with Crippen LogP contribution in [0.1, 0.15) is 19.3 Å². The highest BCUT2D eigenvalue weighted by molar-refractivity contribution is 6.34. The van der Waals surface area contributed by atoms with Gasteiger partial charge < -0.3 is 4.90 Å². The van der Waals surface area contributed by atoms with Crippen LogP contribution in [0.5, 0.6) is 0 Å². The largest absolute Gasteiger partial charge is 0.351 e. The number of para-hydroxylation sites is 1. The second kappa shape index (κ2) is 8.06. The first-order valence-electron chi connectivity index (χ1n) is 10.4. The van der Waals surface area contributed by atoms with E-state index in [2.05, 4.69) is 0 Å². The zero-order valence-corrected chi connectivity index (χ0v) is 18.9. The Morgan fingerprint density at radius 1 is 1.09 bits per heavy atom. The minimum absolute atomic E-state index is 0.137. The summed E-state index contributed by atoms with van der Waals surface area (Å²) in [5.74, 6) is -1.59. The molecule has 0 radical (unpaired) electrons. The number of imide groups is 2. The van der Waals surface area contributed by atoms with Crippen LogP contribution in [-0.2, 0) is 14.4 Å². The molecule has 1 saturated heterocycles. The van der Waals surface area contributed by atoms with Gasteiger partial charge in [-0.3, -0.25) is 24.2 Å². The highest BCUT2D eigenvalue weighted by atomic mass is 35.5. The van der Waals surface area contributed by atoms with Gasteiger partial charge in [0.1, 0.15) is 11.7 Å². The normalized spacial score (nSPS) is 24.1. The highest BCUT2D eigenvalue weighted by Gasteiger charge is 2.62. The number of amides is 4. The molecule has 1 heterocycles. The zero-order valence-electron chi connectivity index (χ0n) is 18.2. The molecule has 1 fully saturated rings. The van der Waals surface area contributed by atoms with Crippen molar-refractivity contribution in [3.8, 4) is 0 Å². The number of benzene rings is 1. The fraction of sp³-hybridized carbons (Fsp3) is 0.333. The second-order valence-electron chi connectivity index (χ2n) is 8.46. The average Bonchev–Trinajstić information content (AvgIpc) is 2.81. The molecule has 32 heavy (non-hydrogen) atoms. The monoisotopic (exact) mass is 453 g/mol. The quantitative estimate of drug-likeness (QED) is 0.517. The molecule has 1 aromatic carbocycles. The second-order valence-corrected chi connectivity index (χ2v) is 8.84. The molecular weight excluding hydrogens is 430 g/mol. The molecule has 4 rings (SSSR count). The van der Waals surface area contributed by atoms with Crippen LogP contribution in [0.15, 0.2) is 64.4 Å². The van der Waals surface area contributed by atoms with Crippen molar-refractivity contribution in [2.75, 3.05) is 26.0 Å². The average molecular weight is 454 g/mol. The SMILES string of the molecule is CN1C(=O)N(C)C(=O)C2(C/C(=C\N(C)c3ccccc3)C=C3C(Cl)=C(C=O)CCC32)C1=O. The van der Waals surface area contributed by atoms with E-state index in [1.807, 2.05) is 54.6 Å². The third kappa shape index (κ3) is 3.19. The molecule has 4 amide bonds. The number of hydrogen-bond acceptors (Lipinski definition) is 5. The number of anilines is 1. The third-order valence-electron chi connectivity index (χ3n) is 6.64. The Kier molecular flexibility index (Phi) is 5.54. The first-order valence-corrected chi connectivity index (χ1v) is 10.7. The molecule has 3 aliphatic rings. The van der Waals surface area contributed by atoms with E-state index in [9.17, 15) is 19.2 Å². The number of carbonyl (C=O) groups is 4. The Hall–Kier alpha value is -3.19. The number of aldehydes is 1. The zero-order chi connectivity index (χ0) is 23.2. The number of barbiturate groups is 1. The van der Waals surface area contributed by atoms with Crippen molar-refractivity contribution in [2.45, 2.75) is 19.3 Å². The predicted molar refractivity (Wildman–Crippen MR) is 121 cm³/mol. The number of carbonyl (C=O) groups excluding carboxylic acids is 4. The van der Waals surface area contributed by atoms with Crippen LogP contribution in [0.2, 0.25) is 0 Å². The predicted octanol–water partition coefficient (Wildman–Crippen LogP) is 3.48. The molecular formula is C24H24ClN3O4.